The molecular weight excluding hydrogens is 324 g/mol. The third-order valence-corrected chi connectivity index (χ3v) is 5.76. The summed E-state index contributed by atoms with van der Waals surface area (Å²) in [6.45, 7) is 1.16. The van der Waals surface area contributed by atoms with E-state index in [1.54, 1.807) is 16.4 Å². The molecule has 1 amide bonds. The quantitative estimate of drug-likeness (QED) is 0.835. The van der Waals surface area contributed by atoms with Gasteiger partial charge >= 0.3 is 0 Å². The van der Waals surface area contributed by atoms with E-state index in [1.807, 2.05) is 0 Å². The van der Waals surface area contributed by atoms with Crippen LogP contribution in [0, 0.1) is 0 Å². The maximum absolute atomic E-state index is 12.6. The van der Waals surface area contributed by atoms with Crippen LogP contribution in [-0.4, -0.2) is 37.6 Å². The van der Waals surface area contributed by atoms with E-state index >= 15 is 0 Å². The standard InChI is InChI=1S/C15H21ClN2O3S/c16-10-9-15(19)17-13-5-7-14(8-6-13)22(20,21)18-11-3-1-2-4-12-18/h5-8H,1-4,9-12H2,(H,17,19). The van der Waals surface area contributed by atoms with Gasteiger partial charge < -0.3 is 5.32 Å². The lowest BCUT2D eigenvalue weighted by molar-refractivity contribution is -0.115. The molecule has 0 saturated carbocycles. The zero-order valence-electron chi connectivity index (χ0n) is 12.4. The molecule has 1 aromatic carbocycles. The molecule has 2 rings (SSSR count). The first-order valence-electron chi connectivity index (χ1n) is 7.50. The number of amides is 1. The number of nitrogens with one attached hydrogen (secondary N) is 1. The average molecular weight is 345 g/mol. The van der Waals surface area contributed by atoms with Crippen molar-refractivity contribution in [1.82, 2.24) is 4.31 Å². The highest BCUT2D eigenvalue weighted by molar-refractivity contribution is 7.89. The molecule has 0 bridgehead atoms. The Morgan fingerprint density at radius 3 is 2.23 bits per heavy atom. The van der Waals surface area contributed by atoms with Gasteiger partial charge in [-0.3, -0.25) is 4.79 Å². The molecule has 0 radical (unpaired) electrons. The Balaban J connectivity index is 2.09. The van der Waals surface area contributed by atoms with Gasteiger partial charge in [0.1, 0.15) is 0 Å². The summed E-state index contributed by atoms with van der Waals surface area (Å²) in [5, 5.41) is 2.68. The van der Waals surface area contributed by atoms with Crippen molar-refractivity contribution in [3.05, 3.63) is 24.3 Å². The lowest BCUT2D eigenvalue weighted by Gasteiger charge is -2.20. The number of rotatable bonds is 5. The summed E-state index contributed by atoms with van der Waals surface area (Å²) in [5.74, 6) is 0.0749. The van der Waals surface area contributed by atoms with E-state index in [0.29, 0.717) is 18.8 Å². The second-order valence-corrected chi connectivity index (χ2v) is 7.65. The molecule has 1 heterocycles. The van der Waals surface area contributed by atoms with Gasteiger partial charge in [-0.1, -0.05) is 12.8 Å². The van der Waals surface area contributed by atoms with Gasteiger partial charge in [0.05, 0.1) is 4.90 Å². The topological polar surface area (TPSA) is 66.5 Å². The van der Waals surface area contributed by atoms with Crippen molar-refractivity contribution in [2.45, 2.75) is 37.0 Å². The van der Waals surface area contributed by atoms with Crippen LogP contribution in [0.3, 0.4) is 0 Å². The summed E-state index contributed by atoms with van der Waals surface area (Å²) in [7, 11) is -3.44. The summed E-state index contributed by atoms with van der Waals surface area (Å²) in [6, 6.07) is 6.29. The van der Waals surface area contributed by atoms with Crippen LogP contribution in [0.25, 0.3) is 0 Å². The zero-order valence-corrected chi connectivity index (χ0v) is 14.0. The molecule has 7 heteroatoms. The lowest BCUT2D eigenvalue weighted by Crippen LogP contribution is -2.31. The highest BCUT2D eigenvalue weighted by Gasteiger charge is 2.24. The summed E-state index contributed by atoms with van der Waals surface area (Å²) >= 11 is 5.50. The second-order valence-electron chi connectivity index (χ2n) is 5.33. The molecule has 0 aliphatic carbocycles. The molecule has 22 heavy (non-hydrogen) atoms. The first-order valence-corrected chi connectivity index (χ1v) is 9.47. The van der Waals surface area contributed by atoms with E-state index in [0.717, 1.165) is 25.7 Å². The van der Waals surface area contributed by atoms with E-state index in [1.165, 1.54) is 12.1 Å². The SMILES string of the molecule is O=C(CCCl)Nc1ccc(S(=O)(=O)N2CCCCCC2)cc1. The minimum Gasteiger partial charge on any atom is -0.326 e. The third-order valence-electron chi connectivity index (χ3n) is 3.66. The molecular formula is C15H21ClN2O3S. The van der Waals surface area contributed by atoms with Crippen LogP contribution < -0.4 is 5.32 Å². The molecule has 0 unspecified atom stereocenters. The number of nitrogens with zero attached hydrogens (tertiary/aromatic N) is 1. The third kappa shape index (κ3) is 4.44. The van der Waals surface area contributed by atoms with Gasteiger partial charge in [0.2, 0.25) is 15.9 Å². The Kier molecular flexibility index (Phi) is 6.23. The van der Waals surface area contributed by atoms with Gasteiger partial charge in [0, 0.05) is 31.1 Å². The number of carbonyl (C=O) groups excluding carboxylic acids is 1. The number of sulfonamides is 1. The summed E-state index contributed by atoms with van der Waals surface area (Å²) in [4.78, 5) is 11.7. The predicted octanol–water partition coefficient (Wildman–Crippen LogP) is 2.82. The fourth-order valence-corrected chi connectivity index (χ4v) is 4.14. The van der Waals surface area contributed by atoms with E-state index in [-0.39, 0.29) is 23.1 Å². The Morgan fingerprint density at radius 1 is 1.09 bits per heavy atom. The summed E-state index contributed by atoms with van der Waals surface area (Å²) in [6.07, 6.45) is 4.21. The average Bonchev–Trinajstić information content (AvgIpc) is 2.77. The molecule has 0 atom stereocenters. The number of carbonyl (C=O) groups is 1. The summed E-state index contributed by atoms with van der Waals surface area (Å²) < 4.78 is 26.8. The maximum atomic E-state index is 12.6. The minimum absolute atomic E-state index is 0.182. The van der Waals surface area contributed by atoms with E-state index in [2.05, 4.69) is 5.32 Å². The zero-order chi connectivity index (χ0) is 16.0. The van der Waals surface area contributed by atoms with Crippen LogP contribution in [0.2, 0.25) is 0 Å². The Bertz CT molecular complexity index is 594. The fourth-order valence-electron chi connectivity index (χ4n) is 2.45. The number of halogens is 1. The van der Waals surface area contributed by atoms with Crippen molar-refractivity contribution in [3.8, 4) is 0 Å². The predicted molar refractivity (Wildman–Crippen MR) is 87.6 cm³/mol. The van der Waals surface area contributed by atoms with E-state index < -0.39 is 10.0 Å². The lowest BCUT2D eigenvalue weighted by atomic mass is 10.2. The molecule has 5 nitrogen and oxygen atoms in total. The number of hydrogen-bond acceptors (Lipinski definition) is 3. The van der Waals surface area contributed by atoms with Crippen LogP contribution in [0.4, 0.5) is 5.69 Å². The molecule has 1 fully saturated rings. The highest BCUT2D eigenvalue weighted by atomic mass is 35.5. The molecule has 1 aromatic rings. The van der Waals surface area contributed by atoms with Crippen LogP contribution >= 0.6 is 11.6 Å². The van der Waals surface area contributed by atoms with Crippen molar-refractivity contribution in [2.24, 2.45) is 0 Å². The van der Waals surface area contributed by atoms with Crippen molar-refractivity contribution < 1.29 is 13.2 Å². The molecule has 0 spiro atoms. The molecule has 0 aromatic heterocycles. The van der Waals surface area contributed by atoms with Crippen LogP contribution in [0.5, 0.6) is 0 Å². The largest absolute Gasteiger partial charge is 0.326 e. The highest BCUT2D eigenvalue weighted by Crippen LogP contribution is 2.21. The fraction of sp³-hybridized carbons (Fsp3) is 0.533. The van der Waals surface area contributed by atoms with Crippen molar-refractivity contribution in [1.29, 1.82) is 0 Å². The Morgan fingerprint density at radius 2 is 1.68 bits per heavy atom. The van der Waals surface area contributed by atoms with E-state index in [9.17, 15) is 13.2 Å². The number of hydrogen-bond donors (Lipinski definition) is 1. The number of alkyl halides is 1. The smallest absolute Gasteiger partial charge is 0.243 e. The van der Waals surface area contributed by atoms with Gasteiger partial charge in [0.15, 0.2) is 0 Å². The number of benzene rings is 1. The summed E-state index contributed by atoms with van der Waals surface area (Å²) in [5.41, 5.74) is 0.574. The van der Waals surface area contributed by atoms with Crippen LogP contribution in [0.1, 0.15) is 32.1 Å². The van der Waals surface area contributed by atoms with Crippen LogP contribution in [-0.2, 0) is 14.8 Å². The maximum Gasteiger partial charge on any atom is 0.243 e. The molecule has 1 N–H and O–H groups in total. The van der Waals surface area contributed by atoms with Gasteiger partial charge in [-0.15, -0.1) is 11.6 Å². The monoisotopic (exact) mass is 344 g/mol. The molecule has 1 saturated heterocycles. The molecule has 1 aliphatic rings. The van der Waals surface area contributed by atoms with Crippen molar-refractivity contribution >= 4 is 33.2 Å². The van der Waals surface area contributed by atoms with Crippen LogP contribution in [0.15, 0.2) is 29.2 Å². The first kappa shape index (κ1) is 17.2. The van der Waals surface area contributed by atoms with Gasteiger partial charge in [-0.25, -0.2) is 8.42 Å². The minimum atomic E-state index is -3.44. The van der Waals surface area contributed by atoms with Gasteiger partial charge in [-0.2, -0.15) is 4.31 Å². The Hall–Kier alpha value is -1.11. The van der Waals surface area contributed by atoms with Gasteiger partial charge in [-0.05, 0) is 37.1 Å². The normalized spacial score (nSPS) is 17.0. The van der Waals surface area contributed by atoms with Crippen molar-refractivity contribution in [3.63, 3.8) is 0 Å². The Labute approximate surface area is 136 Å². The van der Waals surface area contributed by atoms with Crippen molar-refractivity contribution in [2.75, 3.05) is 24.3 Å². The van der Waals surface area contributed by atoms with E-state index in [4.69, 9.17) is 11.6 Å². The van der Waals surface area contributed by atoms with Gasteiger partial charge in [0.25, 0.3) is 0 Å². The number of anilines is 1. The first-order chi connectivity index (χ1) is 10.5. The second kappa shape index (κ2) is 7.94. The molecule has 122 valence electrons. The molecule has 1 aliphatic heterocycles.